The quantitative estimate of drug-likeness (QED) is 0.797. The molecule has 0 radical (unpaired) electrons. The van der Waals surface area contributed by atoms with Gasteiger partial charge < -0.3 is 10.6 Å². The molecule has 0 aliphatic rings. The normalized spacial score (nSPS) is 10.2. The summed E-state index contributed by atoms with van der Waals surface area (Å²) in [6.07, 6.45) is 0.309. The van der Waals surface area contributed by atoms with E-state index in [1.54, 1.807) is 12.1 Å². The number of halogens is 2. The zero-order valence-corrected chi connectivity index (χ0v) is 13.1. The highest BCUT2D eigenvalue weighted by Gasteiger charge is 2.09. The van der Waals surface area contributed by atoms with Crippen molar-refractivity contribution in [2.75, 3.05) is 11.9 Å². The fourth-order valence-electron chi connectivity index (χ4n) is 2.02. The minimum absolute atomic E-state index is 0.313. The maximum atomic E-state index is 13.0. The van der Waals surface area contributed by atoms with Gasteiger partial charge >= 0.3 is 0 Å². The van der Waals surface area contributed by atoms with Crippen LogP contribution in [0.4, 0.5) is 10.1 Å². The Balaban J connectivity index is 1.73. The zero-order valence-electron chi connectivity index (χ0n) is 12.3. The van der Waals surface area contributed by atoms with Gasteiger partial charge in [-0.15, -0.1) is 0 Å². The van der Waals surface area contributed by atoms with Crippen molar-refractivity contribution in [2.45, 2.75) is 12.8 Å². The first kappa shape index (κ1) is 17.0. The summed E-state index contributed by atoms with van der Waals surface area (Å²) in [6, 6.07) is 12.9. The molecule has 0 aliphatic heterocycles. The van der Waals surface area contributed by atoms with Crippen LogP contribution < -0.4 is 10.6 Å². The van der Waals surface area contributed by atoms with E-state index in [4.69, 9.17) is 11.6 Å². The van der Waals surface area contributed by atoms with Gasteiger partial charge in [0.25, 0.3) is 0 Å². The van der Waals surface area contributed by atoms with Gasteiger partial charge in [-0.1, -0.05) is 29.8 Å². The van der Waals surface area contributed by atoms with E-state index in [2.05, 4.69) is 10.6 Å². The smallest absolute Gasteiger partial charge is 0.233 e. The number of nitrogens with one attached hydrogen (secondary N) is 2. The van der Waals surface area contributed by atoms with E-state index >= 15 is 0 Å². The van der Waals surface area contributed by atoms with Gasteiger partial charge in [0.15, 0.2) is 0 Å². The van der Waals surface area contributed by atoms with Crippen LogP contribution in [-0.2, 0) is 16.0 Å². The number of amides is 2. The van der Waals surface area contributed by atoms with Gasteiger partial charge in [0, 0.05) is 17.3 Å². The second kappa shape index (κ2) is 8.29. The Morgan fingerprint density at radius 1 is 1.04 bits per heavy atom. The molecule has 0 fully saturated rings. The first-order chi connectivity index (χ1) is 11.0. The monoisotopic (exact) mass is 334 g/mol. The van der Waals surface area contributed by atoms with Gasteiger partial charge in [0.05, 0.1) is 0 Å². The number of rotatable bonds is 6. The highest BCUT2D eigenvalue weighted by molar-refractivity contribution is 6.30. The third-order valence-electron chi connectivity index (χ3n) is 3.05. The maximum absolute atomic E-state index is 13.0. The lowest BCUT2D eigenvalue weighted by Gasteiger charge is -2.07. The van der Waals surface area contributed by atoms with Crippen LogP contribution in [0.3, 0.4) is 0 Å². The third-order valence-corrected chi connectivity index (χ3v) is 3.29. The van der Waals surface area contributed by atoms with Crippen molar-refractivity contribution in [3.63, 3.8) is 0 Å². The van der Waals surface area contributed by atoms with Gasteiger partial charge in [0.1, 0.15) is 12.2 Å². The largest absolute Gasteiger partial charge is 0.355 e. The fourth-order valence-corrected chi connectivity index (χ4v) is 2.23. The Hall–Kier alpha value is -2.40. The number of benzene rings is 2. The SMILES string of the molecule is O=C(CC(=O)Nc1cccc(F)c1)NCCc1cccc(Cl)c1. The molecule has 0 saturated carbocycles. The molecule has 2 aromatic rings. The Morgan fingerprint density at radius 3 is 2.57 bits per heavy atom. The van der Waals surface area contributed by atoms with E-state index < -0.39 is 11.7 Å². The molecule has 0 spiro atoms. The Morgan fingerprint density at radius 2 is 1.83 bits per heavy atom. The fraction of sp³-hybridized carbons (Fsp3) is 0.176. The average molecular weight is 335 g/mol. The molecule has 0 aliphatic carbocycles. The molecule has 0 heterocycles. The summed E-state index contributed by atoms with van der Waals surface area (Å²) in [7, 11) is 0. The molecule has 0 bridgehead atoms. The summed E-state index contributed by atoms with van der Waals surface area (Å²) in [5.74, 6) is -1.33. The molecule has 23 heavy (non-hydrogen) atoms. The zero-order chi connectivity index (χ0) is 16.7. The van der Waals surface area contributed by atoms with E-state index in [1.165, 1.54) is 18.2 Å². The Bertz CT molecular complexity index is 706. The molecule has 0 atom stereocenters. The third kappa shape index (κ3) is 6.08. The van der Waals surface area contributed by atoms with Crippen LogP contribution >= 0.6 is 11.6 Å². The summed E-state index contributed by atoms with van der Waals surface area (Å²) < 4.78 is 13.0. The molecule has 2 rings (SSSR count). The first-order valence-electron chi connectivity index (χ1n) is 7.09. The first-order valence-corrected chi connectivity index (χ1v) is 7.47. The van der Waals surface area contributed by atoms with Crippen molar-refractivity contribution in [3.05, 3.63) is 64.9 Å². The molecular formula is C17H16ClFN2O2. The lowest BCUT2D eigenvalue weighted by atomic mass is 10.1. The molecule has 2 amide bonds. The highest BCUT2D eigenvalue weighted by Crippen LogP contribution is 2.11. The summed E-state index contributed by atoms with van der Waals surface area (Å²) >= 11 is 5.88. The number of hydrogen-bond acceptors (Lipinski definition) is 2. The highest BCUT2D eigenvalue weighted by atomic mass is 35.5. The summed E-state index contributed by atoms with van der Waals surface area (Å²) in [5, 5.41) is 5.78. The van der Waals surface area contributed by atoms with Crippen molar-refractivity contribution in [3.8, 4) is 0 Å². The van der Waals surface area contributed by atoms with Crippen LogP contribution in [-0.4, -0.2) is 18.4 Å². The van der Waals surface area contributed by atoms with Crippen LogP contribution in [0.1, 0.15) is 12.0 Å². The number of hydrogen-bond donors (Lipinski definition) is 2. The molecule has 0 unspecified atom stereocenters. The minimum Gasteiger partial charge on any atom is -0.355 e. The van der Waals surface area contributed by atoms with Gasteiger partial charge in [-0.2, -0.15) is 0 Å². The molecule has 2 N–H and O–H groups in total. The van der Waals surface area contributed by atoms with Crippen molar-refractivity contribution in [1.29, 1.82) is 0 Å². The minimum atomic E-state index is -0.490. The lowest BCUT2D eigenvalue weighted by Crippen LogP contribution is -2.29. The van der Waals surface area contributed by atoms with Crippen LogP contribution in [0, 0.1) is 5.82 Å². The van der Waals surface area contributed by atoms with Crippen LogP contribution in [0.25, 0.3) is 0 Å². The van der Waals surface area contributed by atoms with Crippen molar-refractivity contribution in [1.82, 2.24) is 5.32 Å². The maximum Gasteiger partial charge on any atom is 0.233 e. The molecule has 2 aromatic carbocycles. The molecular weight excluding hydrogens is 319 g/mol. The van der Waals surface area contributed by atoms with E-state index in [9.17, 15) is 14.0 Å². The summed E-state index contributed by atoms with van der Waals surface area (Å²) in [5.41, 5.74) is 1.32. The number of carbonyl (C=O) groups is 2. The summed E-state index contributed by atoms with van der Waals surface area (Å²) in [4.78, 5) is 23.4. The van der Waals surface area contributed by atoms with Crippen molar-refractivity contribution in [2.24, 2.45) is 0 Å². The Labute approximate surface area is 138 Å². The van der Waals surface area contributed by atoms with Crippen molar-refractivity contribution < 1.29 is 14.0 Å². The topological polar surface area (TPSA) is 58.2 Å². The van der Waals surface area contributed by atoms with E-state index in [0.29, 0.717) is 23.7 Å². The van der Waals surface area contributed by atoms with Crippen molar-refractivity contribution >= 4 is 29.1 Å². The van der Waals surface area contributed by atoms with Gasteiger partial charge in [0.2, 0.25) is 11.8 Å². The van der Waals surface area contributed by atoms with E-state index in [-0.39, 0.29) is 12.3 Å². The Kier molecular flexibility index (Phi) is 6.11. The molecule has 0 saturated heterocycles. The molecule has 4 nitrogen and oxygen atoms in total. The molecule has 6 heteroatoms. The van der Waals surface area contributed by atoms with Gasteiger partial charge in [-0.3, -0.25) is 9.59 Å². The van der Waals surface area contributed by atoms with E-state index in [1.807, 2.05) is 18.2 Å². The number of carbonyl (C=O) groups excluding carboxylic acids is 2. The average Bonchev–Trinajstić information content (AvgIpc) is 2.47. The second-order valence-corrected chi connectivity index (χ2v) is 5.40. The van der Waals surface area contributed by atoms with Gasteiger partial charge in [-0.25, -0.2) is 4.39 Å². The number of anilines is 1. The molecule has 120 valence electrons. The van der Waals surface area contributed by atoms with E-state index in [0.717, 1.165) is 5.56 Å². The predicted octanol–water partition coefficient (Wildman–Crippen LogP) is 3.17. The van der Waals surface area contributed by atoms with Crippen LogP contribution in [0.2, 0.25) is 5.02 Å². The van der Waals surface area contributed by atoms with Crippen LogP contribution in [0.5, 0.6) is 0 Å². The second-order valence-electron chi connectivity index (χ2n) is 4.97. The molecule has 0 aromatic heterocycles. The summed E-state index contributed by atoms with van der Waals surface area (Å²) in [6.45, 7) is 0.409. The standard InChI is InChI=1S/C17H16ClFN2O2/c18-13-4-1-3-12(9-13)7-8-20-16(22)11-17(23)21-15-6-2-5-14(19)10-15/h1-6,9-10H,7-8,11H2,(H,20,22)(H,21,23). The predicted molar refractivity (Wildman–Crippen MR) is 87.8 cm³/mol. The van der Waals surface area contributed by atoms with Crippen LogP contribution in [0.15, 0.2) is 48.5 Å². The lowest BCUT2D eigenvalue weighted by molar-refractivity contribution is -0.126. The van der Waals surface area contributed by atoms with Gasteiger partial charge in [-0.05, 0) is 42.3 Å².